The quantitative estimate of drug-likeness (QED) is 0.762. The van der Waals surface area contributed by atoms with Gasteiger partial charge < -0.3 is 0 Å². The van der Waals surface area contributed by atoms with Gasteiger partial charge >= 0.3 is 0 Å². The molecule has 112 valence electrons. The molecule has 2 atom stereocenters. The minimum Gasteiger partial charge on any atom is -0.293 e. The topological polar surface area (TPSA) is 40.9 Å². The van der Waals surface area contributed by atoms with Crippen LogP contribution in [-0.2, 0) is 4.79 Å². The van der Waals surface area contributed by atoms with Gasteiger partial charge in [0.05, 0.1) is 5.57 Å². The zero-order valence-electron chi connectivity index (χ0n) is 13.4. The minimum absolute atomic E-state index is 0.00552. The third-order valence-electron chi connectivity index (χ3n) is 5.41. The summed E-state index contributed by atoms with van der Waals surface area (Å²) >= 11 is 0. The number of carbonyl (C=O) groups is 1. The molecule has 0 amide bonds. The number of fused-ring (bicyclic) bond motifs is 1. The van der Waals surface area contributed by atoms with E-state index in [1.165, 1.54) is 11.1 Å². The van der Waals surface area contributed by atoms with Gasteiger partial charge in [-0.3, -0.25) is 4.79 Å². The lowest BCUT2D eigenvalue weighted by Gasteiger charge is -2.49. The van der Waals surface area contributed by atoms with Gasteiger partial charge in [-0.2, -0.15) is 5.26 Å². The molecule has 2 nitrogen and oxygen atoms in total. The fraction of sp³-hybridized carbons (Fsp3) is 0.400. The first-order chi connectivity index (χ1) is 10.4. The van der Waals surface area contributed by atoms with E-state index in [4.69, 9.17) is 0 Å². The van der Waals surface area contributed by atoms with E-state index in [0.717, 1.165) is 12.8 Å². The molecule has 3 rings (SSSR count). The first kappa shape index (κ1) is 14.8. The van der Waals surface area contributed by atoms with E-state index in [9.17, 15) is 10.1 Å². The number of Topliss-reactive ketones (excluding diaryl/α,β-unsaturated/α-hetero) is 1. The summed E-state index contributed by atoms with van der Waals surface area (Å²) in [7, 11) is 0. The fourth-order valence-electron chi connectivity index (χ4n) is 4.26. The highest BCUT2D eigenvalue weighted by Crippen LogP contribution is 2.55. The number of allylic oxidation sites excluding steroid dienone is 4. The molecule has 1 aromatic rings. The lowest BCUT2D eigenvalue weighted by molar-refractivity contribution is -0.129. The Kier molecular flexibility index (Phi) is 3.33. The number of rotatable bonds is 1. The molecule has 0 fully saturated rings. The second kappa shape index (κ2) is 4.95. The van der Waals surface area contributed by atoms with Gasteiger partial charge in [-0.1, -0.05) is 63.3 Å². The highest BCUT2D eigenvalue weighted by Gasteiger charge is 2.52. The number of hydrogen-bond acceptors (Lipinski definition) is 2. The molecule has 0 unspecified atom stereocenters. The van der Waals surface area contributed by atoms with Gasteiger partial charge in [-0.15, -0.1) is 0 Å². The van der Waals surface area contributed by atoms with E-state index in [0.29, 0.717) is 5.57 Å². The molecule has 22 heavy (non-hydrogen) atoms. The van der Waals surface area contributed by atoms with Crippen molar-refractivity contribution < 1.29 is 4.79 Å². The minimum atomic E-state index is -0.479. The SMILES string of the molecule is CC1(C)C(=O)C(C#N)=C[C@]2(C)CC(c3ccccc3)=CC[C@@H]12. The van der Waals surface area contributed by atoms with E-state index in [2.05, 4.69) is 43.3 Å². The first-order valence-electron chi connectivity index (χ1n) is 7.81. The van der Waals surface area contributed by atoms with Gasteiger partial charge in [0, 0.05) is 5.41 Å². The number of nitrogens with zero attached hydrogens (tertiary/aromatic N) is 1. The standard InChI is InChI=1S/C20H21NO/c1-19(2)17-10-9-15(14-7-5-4-6-8-14)11-20(17,3)12-16(13-21)18(19)22/h4-9,12,17H,10-11H2,1-3H3/t17-,20-/m0/s1. The van der Waals surface area contributed by atoms with Crippen LogP contribution in [0.5, 0.6) is 0 Å². The van der Waals surface area contributed by atoms with E-state index < -0.39 is 5.41 Å². The maximum atomic E-state index is 12.5. The van der Waals surface area contributed by atoms with Crippen molar-refractivity contribution in [2.75, 3.05) is 0 Å². The van der Waals surface area contributed by atoms with Crippen LogP contribution in [0, 0.1) is 28.1 Å². The molecule has 2 heteroatoms. The molecule has 0 saturated carbocycles. The van der Waals surface area contributed by atoms with Gasteiger partial charge in [0.1, 0.15) is 6.07 Å². The largest absolute Gasteiger partial charge is 0.293 e. The smallest absolute Gasteiger partial charge is 0.178 e. The van der Waals surface area contributed by atoms with Crippen molar-refractivity contribution in [3.63, 3.8) is 0 Å². The van der Waals surface area contributed by atoms with Crippen LogP contribution in [-0.4, -0.2) is 5.78 Å². The highest BCUT2D eigenvalue weighted by molar-refractivity contribution is 6.04. The fourth-order valence-corrected chi connectivity index (χ4v) is 4.26. The van der Waals surface area contributed by atoms with Crippen molar-refractivity contribution in [2.24, 2.45) is 16.7 Å². The molecule has 0 aliphatic heterocycles. The van der Waals surface area contributed by atoms with Crippen LogP contribution in [0.2, 0.25) is 0 Å². The Morgan fingerprint density at radius 3 is 2.50 bits per heavy atom. The van der Waals surface area contributed by atoms with Gasteiger partial charge in [-0.25, -0.2) is 0 Å². The third-order valence-corrected chi connectivity index (χ3v) is 5.41. The van der Waals surface area contributed by atoms with Crippen LogP contribution in [0.1, 0.15) is 39.2 Å². The van der Waals surface area contributed by atoms with Crippen LogP contribution in [0.25, 0.3) is 5.57 Å². The maximum absolute atomic E-state index is 12.5. The molecule has 0 aromatic heterocycles. The molecule has 0 spiro atoms. The van der Waals surface area contributed by atoms with Gasteiger partial charge in [0.25, 0.3) is 0 Å². The first-order valence-corrected chi connectivity index (χ1v) is 7.81. The van der Waals surface area contributed by atoms with Crippen molar-refractivity contribution >= 4 is 11.4 Å². The molecule has 2 aliphatic rings. The zero-order chi connectivity index (χ0) is 16.0. The van der Waals surface area contributed by atoms with Crippen LogP contribution in [0.3, 0.4) is 0 Å². The number of nitriles is 1. The molecule has 0 saturated heterocycles. The summed E-state index contributed by atoms with van der Waals surface area (Å²) in [6, 6.07) is 12.5. The predicted molar refractivity (Wildman–Crippen MR) is 87.7 cm³/mol. The lowest BCUT2D eigenvalue weighted by atomic mass is 9.52. The Balaban J connectivity index is 2.06. The highest BCUT2D eigenvalue weighted by atomic mass is 16.1. The van der Waals surface area contributed by atoms with Crippen molar-refractivity contribution in [1.82, 2.24) is 0 Å². The number of benzene rings is 1. The normalized spacial score (nSPS) is 29.9. The van der Waals surface area contributed by atoms with Crippen molar-refractivity contribution in [3.05, 3.63) is 53.6 Å². The van der Waals surface area contributed by atoms with Crippen molar-refractivity contribution in [1.29, 1.82) is 5.26 Å². The molecule has 2 aliphatic carbocycles. The zero-order valence-corrected chi connectivity index (χ0v) is 13.4. The van der Waals surface area contributed by atoms with Crippen LogP contribution in [0.4, 0.5) is 0 Å². The monoisotopic (exact) mass is 291 g/mol. The molecule has 0 bridgehead atoms. The summed E-state index contributed by atoms with van der Waals surface area (Å²) in [6.45, 7) is 6.17. The van der Waals surface area contributed by atoms with Crippen LogP contribution in [0.15, 0.2) is 48.1 Å². The Morgan fingerprint density at radius 2 is 1.86 bits per heavy atom. The molecule has 0 radical (unpaired) electrons. The second-order valence-electron chi connectivity index (χ2n) is 7.29. The van der Waals surface area contributed by atoms with Crippen molar-refractivity contribution in [3.8, 4) is 6.07 Å². The van der Waals surface area contributed by atoms with Gasteiger partial charge in [-0.05, 0) is 35.3 Å². The van der Waals surface area contributed by atoms with E-state index in [-0.39, 0.29) is 17.1 Å². The van der Waals surface area contributed by atoms with Crippen LogP contribution >= 0.6 is 0 Å². The summed E-state index contributed by atoms with van der Waals surface area (Å²) in [5.41, 5.74) is 2.27. The summed E-state index contributed by atoms with van der Waals surface area (Å²) in [5.74, 6) is 0.242. The summed E-state index contributed by atoms with van der Waals surface area (Å²) in [6.07, 6.45) is 5.97. The average molecular weight is 291 g/mol. The van der Waals surface area contributed by atoms with Gasteiger partial charge in [0.15, 0.2) is 5.78 Å². The molecular weight excluding hydrogens is 270 g/mol. The van der Waals surface area contributed by atoms with Crippen LogP contribution < -0.4 is 0 Å². The molecular formula is C20H21NO. The molecule has 1 aromatic carbocycles. The predicted octanol–water partition coefficient (Wildman–Crippen LogP) is 4.55. The maximum Gasteiger partial charge on any atom is 0.178 e. The Morgan fingerprint density at radius 1 is 1.18 bits per heavy atom. The molecule has 0 heterocycles. The third kappa shape index (κ3) is 2.13. The number of hydrogen-bond donors (Lipinski definition) is 0. The van der Waals surface area contributed by atoms with Crippen molar-refractivity contribution in [2.45, 2.75) is 33.6 Å². The molecule has 0 N–H and O–H groups in total. The van der Waals surface area contributed by atoms with E-state index >= 15 is 0 Å². The summed E-state index contributed by atoms with van der Waals surface area (Å²) in [4.78, 5) is 12.5. The number of ketones is 1. The number of carbonyl (C=O) groups excluding carboxylic acids is 1. The Bertz CT molecular complexity index is 718. The summed E-state index contributed by atoms with van der Waals surface area (Å²) in [5, 5.41) is 9.33. The summed E-state index contributed by atoms with van der Waals surface area (Å²) < 4.78 is 0. The second-order valence-corrected chi connectivity index (χ2v) is 7.29. The van der Waals surface area contributed by atoms with E-state index in [1.807, 2.05) is 26.0 Å². The lowest BCUT2D eigenvalue weighted by Crippen LogP contribution is -2.47. The Labute approximate surface area is 132 Å². The Hall–Kier alpha value is -2.14. The van der Waals surface area contributed by atoms with E-state index in [1.54, 1.807) is 0 Å². The average Bonchev–Trinajstić information content (AvgIpc) is 2.51. The van der Waals surface area contributed by atoms with Gasteiger partial charge in [0.2, 0.25) is 0 Å².